The maximum absolute atomic E-state index is 12.8. The topological polar surface area (TPSA) is 89.5 Å². The third-order valence-corrected chi connectivity index (χ3v) is 6.86. The first-order chi connectivity index (χ1) is 12.9. The number of imidazole rings is 1. The van der Waals surface area contributed by atoms with Gasteiger partial charge in [-0.3, -0.25) is 4.90 Å². The van der Waals surface area contributed by atoms with Crippen LogP contribution in [0.5, 0.6) is 0 Å². The lowest BCUT2D eigenvalue weighted by molar-refractivity contribution is 0.0941. The molecular formula is C19H22N4O3S. The number of hydrogen-bond donors (Lipinski definition) is 2. The van der Waals surface area contributed by atoms with Crippen molar-refractivity contribution >= 4 is 21.1 Å². The van der Waals surface area contributed by atoms with Gasteiger partial charge in [0.05, 0.1) is 34.6 Å². The maximum atomic E-state index is 12.8. The summed E-state index contributed by atoms with van der Waals surface area (Å²) in [5, 5.41) is 10.5. The Bertz CT molecular complexity index is 1000. The molecule has 1 fully saturated rings. The first-order valence-corrected chi connectivity index (χ1v) is 10.3. The van der Waals surface area contributed by atoms with Gasteiger partial charge in [0.2, 0.25) is 10.0 Å². The van der Waals surface area contributed by atoms with Gasteiger partial charge in [0.1, 0.15) is 5.82 Å². The molecule has 0 unspecified atom stereocenters. The van der Waals surface area contributed by atoms with Crippen LogP contribution in [0.4, 0.5) is 0 Å². The highest BCUT2D eigenvalue weighted by Crippen LogP contribution is 2.24. The largest absolute Gasteiger partial charge is 0.390 e. The van der Waals surface area contributed by atoms with Gasteiger partial charge in [-0.15, -0.1) is 0 Å². The summed E-state index contributed by atoms with van der Waals surface area (Å²) in [6.45, 7) is 0.830. The molecule has 142 valence electrons. The second-order valence-electron chi connectivity index (χ2n) is 6.89. The number of rotatable bonds is 5. The molecule has 1 aliphatic rings. The molecule has 27 heavy (non-hydrogen) atoms. The number of aromatic amines is 1. The number of H-pyrrole nitrogens is 1. The van der Waals surface area contributed by atoms with E-state index in [-0.39, 0.29) is 24.0 Å². The van der Waals surface area contributed by atoms with E-state index >= 15 is 0 Å². The predicted octanol–water partition coefficient (Wildman–Crippen LogP) is 1.43. The SMILES string of the molecule is CN(Cc1nc2ccccc2[nH]1)[C@H]1CN(S(=O)(=O)c2ccccc2)C[C@@H]1O. The zero-order valence-electron chi connectivity index (χ0n) is 15.0. The highest BCUT2D eigenvalue weighted by atomic mass is 32.2. The molecule has 7 nitrogen and oxygen atoms in total. The molecule has 2 atom stereocenters. The smallest absolute Gasteiger partial charge is 0.243 e. The number of β-amino-alcohol motifs (C(OH)–C–C–N with tert-alkyl or cyclic N) is 1. The fourth-order valence-electron chi connectivity index (χ4n) is 3.54. The number of aliphatic hydroxyl groups excluding tert-OH is 1. The van der Waals surface area contributed by atoms with Crippen LogP contribution in [0.3, 0.4) is 0 Å². The first kappa shape index (κ1) is 18.1. The van der Waals surface area contributed by atoms with Crippen LogP contribution in [0.25, 0.3) is 11.0 Å². The fraction of sp³-hybridized carbons (Fsp3) is 0.316. The summed E-state index contributed by atoms with van der Waals surface area (Å²) in [6.07, 6.45) is -0.752. The van der Waals surface area contributed by atoms with Gasteiger partial charge in [-0.1, -0.05) is 30.3 Å². The van der Waals surface area contributed by atoms with Crippen molar-refractivity contribution in [3.8, 4) is 0 Å². The predicted molar refractivity (Wildman–Crippen MR) is 103 cm³/mol. The van der Waals surface area contributed by atoms with Crippen LogP contribution >= 0.6 is 0 Å². The molecule has 1 saturated heterocycles. The number of nitrogens with zero attached hydrogens (tertiary/aromatic N) is 3. The molecule has 8 heteroatoms. The lowest BCUT2D eigenvalue weighted by Gasteiger charge is -2.25. The Hall–Kier alpha value is -2.26. The fourth-order valence-corrected chi connectivity index (χ4v) is 5.04. The van der Waals surface area contributed by atoms with Crippen LogP contribution < -0.4 is 0 Å². The minimum atomic E-state index is -3.61. The number of sulfonamides is 1. The zero-order chi connectivity index (χ0) is 19.0. The number of aromatic nitrogens is 2. The van der Waals surface area contributed by atoms with Crippen molar-refractivity contribution in [2.45, 2.75) is 23.6 Å². The van der Waals surface area contributed by atoms with Gasteiger partial charge < -0.3 is 10.1 Å². The van der Waals surface area contributed by atoms with Gasteiger partial charge in [-0.05, 0) is 31.3 Å². The molecule has 2 aromatic carbocycles. The number of hydrogen-bond acceptors (Lipinski definition) is 5. The first-order valence-electron chi connectivity index (χ1n) is 8.82. The van der Waals surface area contributed by atoms with Gasteiger partial charge in [0, 0.05) is 13.1 Å². The van der Waals surface area contributed by atoms with E-state index in [0.717, 1.165) is 16.9 Å². The van der Waals surface area contributed by atoms with Crippen molar-refractivity contribution in [3.63, 3.8) is 0 Å². The van der Waals surface area contributed by atoms with E-state index in [1.165, 1.54) is 4.31 Å². The highest BCUT2D eigenvalue weighted by molar-refractivity contribution is 7.89. The molecule has 1 aliphatic heterocycles. The van der Waals surface area contributed by atoms with Gasteiger partial charge >= 0.3 is 0 Å². The second-order valence-corrected chi connectivity index (χ2v) is 8.82. The van der Waals surface area contributed by atoms with Crippen LogP contribution in [-0.2, 0) is 16.6 Å². The van der Waals surface area contributed by atoms with Crippen LogP contribution in [-0.4, -0.2) is 65.0 Å². The lowest BCUT2D eigenvalue weighted by Crippen LogP contribution is -2.40. The van der Waals surface area contributed by atoms with Crippen molar-refractivity contribution < 1.29 is 13.5 Å². The molecule has 4 rings (SSSR count). The minimum absolute atomic E-state index is 0.0896. The number of fused-ring (bicyclic) bond motifs is 1. The average molecular weight is 386 g/mol. The number of aliphatic hydroxyl groups is 1. The molecular weight excluding hydrogens is 364 g/mol. The van der Waals surface area contributed by atoms with Crippen molar-refractivity contribution in [2.75, 3.05) is 20.1 Å². The van der Waals surface area contributed by atoms with E-state index in [1.54, 1.807) is 30.3 Å². The molecule has 0 bridgehead atoms. The van der Waals surface area contributed by atoms with Gasteiger partial charge in [0.15, 0.2) is 0 Å². The van der Waals surface area contributed by atoms with Crippen molar-refractivity contribution in [2.24, 2.45) is 0 Å². The third-order valence-electron chi connectivity index (χ3n) is 5.01. The van der Waals surface area contributed by atoms with Gasteiger partial charge in [-0.25, -0.2) is 13.4 Å². The maximum Gasteiger partial charge on any atom is 0.243 e. The third kappa shape index (κ3) is 3.49. The Balaban J connectivity index is 1.49. The van der Waals surface area contributed by atoms with Crippen LogP contribution in [0.15, 0.2) is 59.5 Å². The van der Waals surface area contributed by atoms with Crippen molar-refractivity contribution in [1.29, 1.82) is 0 Å². The number of nitrogens with one attached hydrogen (secondary N) is 1. The summed E-state index contributed by atoms with van der Waals surface area (Å²) < 4.78 is 27.0. The molecule has 0 spiro atoms. The molecule has 2 N–H and O–H groups in total. The van der Waals surface area contributed by atoms with E-state index in [1.807, 2.05) is 36.2 Å². The Labute approximate surface area is 158 Å². The van der Waals surface area contributed by atoms with E-state index in [4.69, 9.17) is 0 Å². The van der Waals surface area contributed by atoms with Crippen molar-refractivity contribution in [1.82, 2.24) is 19.2 Å². The van der Waals surface area contributed by atoms with E-state index in [2.05, 4.69) is 9.97 Å². The van der Waals surface area contributed by atoms with Crippen molar-refractivity contribution in [3.05, 3.63) is 60.4 Å². The molecule has 2 heterocycles. The van der Waals surface area contributed by atoms with Crippen LogP contribution in [0.1, 0.15) is 5.82 Å². The Morgan fingerprint density at radius 1 is 1.15 bits per heavy atom. The molecule has 0 saturated carbocycles. The normalized spacial score (nSPS) is 21.3. The van der Waals surface area contributed by atoms with E-state index < -0.39 is 16.1 Å². The summed E-state index contributed by atoms with van der Waals surface area (Å²) in [6, 6.07) is 15.8. The Morgan fingerprint density at radius 3 is 2.59 bits per heavy atom. The number of benzene rings is 2. The summed E-state index contributed by atoms with van der Waals surface area (Å²) in [5.74, 6) is 0.787. The zero-order valence-corrected chi connectivity index (χ0v) is 15.8. The van der Waals surface area contributed by atoms with Gasteiger partial charge in [-0.2, -0.15) is 4.31 Å². The molecule has 1 aromatic heterocycles. The molecule has 0 aliphatic carbocycles. The summed E-state index contributed by atoms with van der Waals surface area (Å²) in [7, 11) is -1.73. The Kier molecular flexibility index (Phi) is 4.73. The minimum Gasteiger partial charge on any atom is -0.390 e. The number of likely N-dealkylation sites (N-methyl/N-ethyl adjacent to an activating group) is 1. The summed E-state index contributed by atoms with van der Waals surface area (Å²) in [4.78, 5) is 10.0. The van der Waals surface area contributed by atoms with Gasteiger partial charge in [0.25, 0.3) is 0 Å². The number of para-hydroxylation sites is 2. The average Bonchev–Trinajstić information content (AvgIpc) is 3.25. The Morgan fingerprint density at radius 2 is 1.85 bits per heavy atom. The van der Waals surface area contributed by atoms with Crippen LogP contribution in [0.2, 0.25) is 0 Å². The lowest BCUT2D eigenvalue weighted by atomic mass is 10.2. The highest BCUT2D eigenvalue weighted by Gasteiger charge is 2.40. The van der Waals surface area contributed by atoms with E-state index in [0.29, 0.717) is 6.54 Å². The standard InChI is InChI=1S/C19H22N4O3S/c1-22(13-19-20-15-9-5-6-10-16(15)21-19)17-11-23(12-18(17)24)27(25,26)14-7-3-2-4-8-14/h2-10,17-18,24H,11-13H2,1H3,(H,20,21)/t17-,18-/m0/s1. The monoisotopic (exact) mass is 386 g/mol. The van der Waals surface area contributed by atoms with E-state index in [9.17, 15) is 13.5 Å². The van der Waals surface area contributed by atoms with Crippen LogP contribution in [0, 0.1) is 0 Å². The molecule has 0 amide bonds. The quantitative estimate of drug-likeness (QED) is 0.692. The second kappa shape index (κ2) is 7.05. The molecule has 0 radical (unpaired) electrons. The summed E-state index contributed by atoms with van der Waals surface area (Å²) in [5.41, 5.74) is 1.85. The molecule has 3 aromatic rings. The summed E-state index contributed by atoms with van der Waals surface area (Å²) >= 11 is 0.